The number of nitrogens with zero attached hydrogens (tertiary/aromatic N) is 2. The van der Waals surface area contributed by atoms with Gasteiger partial charge in [0.2, 0.25) is 0 Å². The van der Waals surface area contributed by atoms with Crippen molar-refractivity contribution in [2.24, 2.45) is 0 Å². The number of carboxylic acid groups (broad SMARTS) is 2. The zero-order valence-corrected chi connectivity index (χ0v) is 18.2. The third-order valence-corrected chi connectivity index (χ3v) is 5.02. The Morgan fingerprint density at radius 1 is 0.871 bits per heavy atom. The molecule has 2 aromatic carbocycles. The van der Waals surface area contributed by atoms with E-state index >= 15 is 0 Å². The number of carboxylic acids is 2. The second-order valence-corrected chi connectivity index (χ2v) is 7.33. The summed E-state index contributed by atoms with van der Waals surface area (Å²) in [5.74, 6) is -1.83. The highest BCUT2D eigenvalue weighted by Gasteiger charge is 2.18. The van der Waals surface area contributed by atoms with Crippen LogP contribution in [0.15, 0.2) is 42.5 Å². The minimum atomic E-state index is -1.82. The predicted octanol–water partition coefficient (Wildman–Crippen LogP) is 2.49. The van der Waals surface area contributed by atoms with Gasteiger partial charge in [-0.2, -0.15) is 0 Å². The molecule has 8 heteroatoms. The number of carbonyl (C=O) groups is 2. The van der Waals surface area contributed by atoms with Crippen LogP contribution >= 0.6 is 0 Å². The Balaban J connectivity index is 0.000000501. The Bertz CT molecular complexity index is 866. The van der Waals surface area contributed by atoms with Crippen molar-refractivity contribution in [3.05, 3.63) is 59.2 Å². The summed E-state index contributed by atoms with van der Waals surface area (Å²) in [5.41, 5.74) is 3.93. The van der Waals surface area contributed by atoms with Crippen LogP contribution in [0.25, 0.3) is 0 Å². The molecule has 0 aromatic heterocycles. The van der Waals surface area contributed by atoms with E-state index in [0.717, 1.165) is 50.8 Å². The summed E-state index contributed by atoms with van der Waals surface area (Å²) < 4.78 is 10.9. The third-order valence-electron chi connectivity index (χ3n) is 5.02. The number of aryl methyl sites for hydroxylation is 1. The lowest BCUT2D eigenvalue weighted by Gasteiger charge is -2.35. The number of benzene rings is 2. The topological polar surface area (TPSA) is 99.5 Å². The number of methoxy groups -OCH3 is 2. The van der Waals surface area contributed by atoms with Gasteiger partial charge in [0.15, 0.2) is 0 Å². The molecule has 0 saturated carbocycles. The van der Waals surface area contributed by atoms with Crippen molar-refractivity contribution in [1.29, 1.82) is 0 Å². The zero-order valence-electron chi connectivity index (χ0n) is 18.2. The van der Waals surface area contributed by atoms with Gasteiger partial charge in [0, 0.05) is 44.8 Å². The quantitative estimate of drug-likeness (QED) is 0.675. The van der Waals surface area contributed by atoms with E-state index in [0.29, 0.717) is 0 Å². The number of ether oxygens (including phenoxy) is 2. The molecule has 168 valence electrons. The minimum absolute atomic E-state index is 0.883. The Hall–Kier alpha value is -3.10. The Labute approximate surface area is 182 Å². The van der Waals surface area contributed by atoms with Gasteiger partial charge in [0.05, 0.1) is 14.2 Å². The van der Waals surface area contributed by atoms with E-state index in [-0.39, 0.29) is 0 Å². The van der Waals surface area contributed by atoms with E-state index in [1.54, 1.807) is 14.2 Å². The first-order valence-corrected chi connectivity index (χ1v) is 9.99. The van der Waals surface area contributed by atoms with E-state index < -0.39 is 11.9 Å². The predicted molar refractivity (Wildman–Crippen MR) is 117 cm³/mol. The lowest BCUT2D eigenvalue weighted by Crippen LogP contribution is -2.45. The number of aliphatic carboxylic acids is 2. The molecule has 0 radical (unpaired) electrons. The molecule has 0 unspecified atom stereocenters. The van der Waals surface area contributed by atoms with Crippen molar-refractivity contribution in [3.8, 4) is 11.5 Å². The normalized spacial score (nSPS) is 14.3. The molecule has 0 spiro atoms. The van der Waals surface area contributed by atoms with Crippen LogP contribution in [-0.4, -0.2) is 72.4 Å². The number of hydrogen-bond donors (Lipinski definition) is 2. The molecule has 1 heterocycles. The van der Waals surface area contributed by atoms with Gasteiger partial charge < -0.3 is 19.7 Å². The van der Waals surface area contributed by atoms with Gasteiger partial charge in [-0.15, -0.1) is 0 Å². The van der Waals surface area contributed by atoms with E-state index in [1.807, 2.05) is 12.1 Å². The van der Waals surface area contributed by atoms with Crippen LogP contribution in [-0.2, 0) is 22.7 Å². The molecule has 2 aromatic rings. The molecule has 0 aliphatic carbocycles. The average Bonchev–Trinajstić information content (AvgIpc) is 2.75. The number of hydrogen-bond acceptors (Lipinski definition) is 6. The van der Waals surface area contributed by atoms with Crippen LogP contribution in [0.2, 0.25) is 0 Å². The van der Waals surface area contributed by atoms with Crippen molar-refractivity contribution in [3.63, 3.8) is 0 Å². The van der Waals surface area contributed by atoms with Crippen molar-refractivity contribution in [2.75, 3.05) is 40.4 Å². The summed E-state index contributed by atoms with van der Waals surface area (Å²) in [7, 11) is 3.43. The second-order valence-electron chi connectivity index (χ2n) is 7.33. The summed E-state index contributed by atoms with van der Waals surface area (Å²) in [6, 6.07) is 14.8. The largest absolute Gasteiger partial charge is 0.497 e. The monoisotopic (exact) mass is 430 g/mol. The molecular weight excluding hydrogens is 400 g/mol. The minimum Gasteiger partial charge on any atom is -0.497 e. The summed E-state index contributed by atoms with van der Waals surface area (Å²) in [6.07, 6.45) is 0. The van der Waals surface area contributed by atoms with Gasteiger partial charge in [0.1, 0.15) is 11.5 Å². The van der Waals surface area contributed by atoms with E-state index in [4.69, 9.17) is 29.3 Å². The van der Waals surface area contributed by atoms with Gasteiger partial charge in [-0.25, -0.2) is 9.59 Å². The fraction of sp³-hybridized carbons (Fsp3) is 0.391. The van der Waals surface area contributed by atoms with Crippen molar-refractivity contribution in [2.45, 2.75) is 20.0 Å². The van der Waals surface area contributed by atoms with Gasteiger partial charge >= 0.3 is 11.9 Å². The molecule has 0 amide bonds. The van der Waals surface area contributed by atoms with Crippen LogP contribution in [0.1, 0.15) is 16.7 Å². The highest BCUT2D eigenvalue weighted by atomic mass is 16.5. The number of piperazine rings is 1. The smallest absolute Gasteiger partial charge is 0.414 e. The zero-order chi connectivity index (χ0) is 22.8. The first kappa shape index (κ1) is 24.2. The van der Waals surface area contributed by atoms with E-state index in [1.165, 1.54) is 16.7 Å². The molecule has 1 aliphatic heterocycles. The van der Waals surface area contributed by atoms with E-state index in [2.05, 4.69) is 47.1 Å². The Morgan fingerprint density at radius 3 is 2.00 bits per heavy atom. The van der Waals surface area contributed by atoms with Crippen LogP contribution in [0.5, 0.6) is 11.5 Å². The maximum absolute atomic E-state index is 9.10. The van der Waals surface area contributed by atoms with Crippen molar-refractivity contribution in [1.82, 2.24) is 9.80 Å². The molecule has 1 aliphatic rings. The fourth-order valence-electron chi connectivity index (χ4n) is 3.42. The third kappa shape index (κ3) is 7.92. The van der Waals surface area contributed by atoms with Crippen LogP contribution < -0.4 is 9.47 Å². The molecule has 0 atom stereocenters. The number of rotatable bonds is 6. The van der Waals surface area contributed by atoms with E-state index in [9.17, 15) is 0 Å². The van der Waals surface area contributed by atoms with Gasteiger partial charge in [0.25, 0.3) is 0 Å². The SMILES string of the molecule is COc1ccc(OC)c(CN2CCN(Cc3cccc(C)c3)CC2)c1.O=C(O)C(=O)O. The van der Waals surface area contributed by atoms with Crippen molar-refractivity contribution >= 4 is 11.9 Å². The van der Waals surface area contributed by atoms with Gasteiger partial charge in [-0.1, -0.05) is 29.8 Å². The summed E-state index contributed by atoms with van der Waals surface area (Å²) in [4.78, 5) is 23.2. The average molecular weight is 431 g/mol. The molecule has 1 saturated heterocycles. The molecule has 0 bridgehead atoms. The molecule has 1 fully saturated rings. The van der Waals surface area contributed by atoms with Gasteiger partial charge in [-0.3, -0.25) is 9.80 Å². The summed E-state index contributed by atoms with van der Waals surface area (Å²) in [5, 5.41) is 14.8. The van der Waals surface area contributed by atoms with Crippen LogP contribution in [0.4, 0.5) is 0 Å². The van der Waals surface area contributed by atoms with Crippen molar-refractivity contribution < 1.29 is 29.3 Å². The molecule has 8 nitrogen and oxygen atoms in total. The fourth-order valence-corrected chi connectivity index (χ4v) is 3.42. The standard InChI is InChI=1S/C21H28N2O2.C2H2O4/c1-17-5-4-6-18(13-17)15-22-9-11-23(12-10-22)16-19-14-20(24-2)7-8-21(19)25-3;3-1(4)2(5)6/h4-8,13-14H,9-12,15-16H2,1-3H3;(H,3,4)(H,5,6). The maximum Gasteiger partial charge on any atom is 0.414 e. The van der Waals surface area contributed by atoms with Crippen LogP contribution in [0, 0.1) is 6.92 Å². The first-order valence-electron chi connectivity index (χ1n) is 9.99. The molecule has 31 heavy (non-hydrogen) atoms. The lowest BCUT2D eigenvalue weighted by molar-refractivity contribution is -0.159. The molecule has 3 rings (SSSR count). The summed E-state index contributed by atoms with van der Waals surface area (Å²) in [6.45, 7) is 8.44. The Kier molecular flexibility index (Phi) is 9.30. The maximum atomic E-state index is 9.10. The second kappa shape index (κ2) is 11.9. The molecular formula is C23H30N2O6. The molecule has 2 N–H and O–H groups in total. The Morgan fingerprint density at radius 2 is 1.48 bits per heavy atom. The first-order chi connectivity index (χ1) is 14.8. The highest BCUT2D eigenvalue weighted by molar-refractivity contribution is 6.27. The highest BCUT2D eigenvalue weighted by Crippen LogP contribution is 2.25. The lowest BCUT2D eigenvalue weighted by atomic mass is 10.1. The van der Waals surface area contributed by atoms with Gasteiger partial charge in [-0.05, 0) is 30.7 Å². The van der Waals surface area contributed by atoms with Crippen LogP contribution in [0.3, 0.4) is 0 Å². The summed E-state index contributed by atoms with van der Waals surface area (Å²) >= 11 is 0.